The third-order valence-electron chi connectivity index (χ3n) is 2.58. The van der Waals surface area contributed by atoms with E-state index in [0.29, 0.717) is 10.7 Å². The average Bonchev–Trinajstić information content (AvgIpc) is 2.55. The monoisotopic (exact) mass is 282 g/mol. The van der Waals surface area contributed by atoms with Crippen LogP contribution in [0.3, 0.4) is 0 Å². The van der Waals surface area contributed by atoms with Crippen LogP contribution < -0.4 is 5.69 Å². The smallest absolute Gasteiger partial charge is 0.306 e. The summed E-state index contributed by atoms with van der Waals surface area (Å²) in [4.78, 5) is 17.0. The lowest BCUT2D eigenvalue weighted by Gasteiger charge is -2.12. The number of alkyl halides is 1. The molecule has 0 aliphatic carbocycles. The van der Waals surface area contributed by atoms with E-state index in [-0.39, 0.29) is 5.69 Å². The van der Waals surface area contributed by atoms with Crippen LogP contribution in [0.2, 0.25) is 0 Å². The van der Waals surface area contributed by atoms with E-state index in [0.717, 1.165) is 17.5 Å². The fraction of sp³-hybridized carbons (Fsp3) is 0.417. The quantitative estimate of drug-likeness (QED) is 0.834. The van der Waals surface area contributed by atoms with Gasteiger partial charge in [-0.05, 0) is 30.0 Å². The molecule has 0 bridgehead atoms. The average molecular weight is 283 g/mol. The van der Waals surface area contributed by atoms with E-state index < -0.39 is 0 Å². The third-order valence-corrected chi connectivity index (χ3v) is 3.48. The molecule has 2 aromatic rings. The van der Waals surface area contributed by atoms with Gasteiger partial charge in [-0.15, -0.1) is 0 Å². The van der Waals surface area contributed by atoms with Crippen LogP contribution in [0.15, 0.2) is 23.0 Å². The molecule has 0 saturated carbocycles. The summed E-state index contributed by atoms with van der Waals surface area (Å²) in [5, 5.41) is 0. The van der Waals surface area contributed by atoms with E-state index in [1.54, 1.807) is 0 Å². The van der Waals surface area contributed by atoms with Gasteiger partial charge in [-0.3, -0.25) is 0 Å². The van der Waals surface area contributed by atoms with E-state index in [2.05, 4.69) is 39.7 Å². The highest BCUT2D eigenvalue weighted by Gasteiger charge is 2.10. The van der Waals surface area contributed by atoms with Crippen LogP contribution in [-0.4, -0.2) is 9.97 Å². The number of imidazole rings is 1. The van der Waals surface area contributed by atoms with Crippen molar-refractivity contribution in [2.75, 3.05) is 0 Å². The van der Waals surface area contributed by atoms with Crippen LogP contribution >= 0.6 is 15.9 Å². The van der Waals surface area contributed by atoms with E-state index in [1.807, 2.05) is 18.2 Å². The van der Waals surface area contributed by atoms with Gasteiger partial charge in [0.1, 0.15) is 0 Å². The lowest BCUT2D eigenvalue weighted by molar-refractivity contribution is 0.584. The fourth-order valence-electron chi connectivity index (χ4n) is 1.79. The molecule has 1 aromatic heterocycles. The molecular weight excluding hydrogens is 268 g/mol. The van der Waals surface area contributed by atoms with Crippen molar-refractivity contribution in [3.05, 3.63) is 34.2 Å². The predicted octanol–water partition coefficient (Wildman–Crippen LogP) is 3.34. The van der Waals surface area contributed by atoms with E-state index in [9.17, 15) is 4.79 Å². The van der Waals surface area contributed by atoms with Gasteiger partial charge in [0.2, 0.25) is 0 Å². The Hall–Kier alpha value is -1.03. The zero-order chi connectivity index (χ0) is 11.7. The molecule has 1 unspecified atom stereocenters. The lowest BCUT2D eigenvalue weighted by atomic mass is 10.0. The first-order chi connectivity index (χ1) is 7.56. The second-order valence-corrected chi connectivity index (χ2v) is 5.59. The zero-order valence-corrected chi connectivity index (χ0v) is 11.0. The standard InChI is InChI=1S/C12H15BrN2O/c1-7(2)5-9(13)8-3-4-10-11(6-8)15-12(16)14-10/h3-4,6-7,9H,5H2,1-2H3,(H2,14,15,16). The van der Waals surface area contributed by atoms with Gasteiger partial charge in [-0.2, -0.15) is 0 Å². The summed E-state index contributed by atoms with van der Waals surface area (Å²) in [5.41, 5.74) is 2.78. The summed E-state index contributed by atoms with van der Waals surface area (Å²) in [6.45, 7) is 4.40. The Kier molecular flexibility index (Phi) is 3.19. The van der Waals surface area contributed by atoms with Crippen LogP contribution in [0, 0.1) is 5.92 Å². The predicted molar refractivity (Wildman–Crippen MR) is 70.0 cm³/mol. The van der Waals surface area contributed by atoms with Gasteiger partial charge >= 0.3 is 5.69 Å². The minimum atomic E-state index is -0.151. The topological polar surface area (TPSA) is 48.6 Å². The van der Waals surface area contributed by atoms with Gasteiger partial charge in [0, 0.05) is 4.83 Å². The molecule has 1 aromatic carbocycles. The van der Waals surface area contributed by atoms with Crippen molar-refractivity contribution in [2.45, 2.75) is 25.1 Å². The molecule has 0 aliphatic heterocycles. The lowest BCUT2D eigenvalue weighted by Crippen LogP contribution is -1.99. The normalized spacial score (nSPS) is 13.5. The van der Waals surface area contributed by atoms with E-state index in [1.165, 1.54) is 5.56 Å². The van der Waals surface area contributed by atoms with Gasteiger partial charge in [0.15, 0.2) is 0 Å². The molecule has 2 N–H and O–H groups in total. The Morgan fingerprint density at radius 2 is 1.94 bits per heavy atom. The van der Waals surface area contributed by atoms with Crippen LogP contribution in [0.25, 0.3) is 11.0 Å². The molecule has 86 valence electrons. The van der Waals surface area contributed by atoms with Crippen LogP contribution in [0.5, 0.6) is 0 Å². The summed E-state index contributed by atoms with van der Waals surface area (Å²) in [7, 11) is 0. The number of benzene rings is 1. The SMILES string of the molecule is CC(C)CC(Br)c1ccc2[nH]c(=O)[nH]c2c1. The van der Waals surface area contributed by atoms with Crippen molar-refractivity contribution in [1.82, 2.24) is 9.97 Å². The highest BCUT2D eigenvalue weighted by atomic mass is 79.9. The largest absolute Gasteiger partial charge is 0.323 e. The maximum atomic E-state index is 11.1. The van der Waals surface area contributed by atoms with Crippen LogP contribution in [-0.2, 0) is 0 Å². The summed E-state index contributed by atoms with van der Waals surface area (Å²) in [6.07, 6.45) is 1.08. The molecule has 0 aliphatic rings. The Morgan fingerprint density at radius 3 is 2.62 bits per heavy atom. The van der Waals surface area contributed by atoms with E-state index >= 15 is 0 Å². The van der Waals surface area contributed by atoms with Crippen molar-refractivity contribution in [1.29, 1.82) is 0 Å². The van der Waals surface area contributed by atoms with Crippen molar-refractivity contribution in [3.8, 4) is 0 Å². The molecule has 2 rings (SSSR count). The number of H-pyrrole nitrogens is 2. The Bertz CT molecular complexity index is 541. The molecule has 1 heterocycles. The molecule has 0 fully saturated rings. The summed E-state index contributed by atoms with van der Waals surface area (Å²) in [6, 6.07) is 6.01. The van der Waals surface area contributed by atoms with Gasteiger partial charge in [0.05, 0.1) is 11.0 Å². The summed E-state index contributed by atoms with van der Waals surface area (Å²) in [5.74, 6) is 0.644. The number of rotatable bonds is 3. The molecule has 0 amide bonds. The van der Waals surface area contributed by atoms with Crippen LogP contribution in [0.1, 0.15) is 30.7 Å². The fourth-order valence-corrected chi connectivity index (χ4v) is 2.83. The van der Waals surface area contributed by atoms with Gasteiger partial charge in [-0.25, -0.2) is 4.79 Å². The Labute approximate surface area is 102 Å². The van der Waals surface area contributed by atoms with Crippen molar-refractivity contribution in [3.63, 3.8) is 0 Å². The Balaban J connectivity index is 2.34. The summed E-state index contributed by atoms with van der Waals surface area (Å²) >= 11 is 3.68. The van der Waals surface area contributed by atoms with Crippen molar-refractivity contribution in [2.24, 2.45) is 5.92 Å². The zero-order valence-electron chi connectivity index (χ0n) is 9.38. The number of hydrogen-bond donors (Lipinski definition) is 2. The highest BCUT2D eigenvalue weighted by molar-refractivity contribution is 9.09. The van der Waals surface area contributed by atoms with Gasteiger partial charge in [0.25, 0.3) is 0 Å². The number of aromatic nitrogens is 2. The second kappa shape index (κ2) is 4.45. The van der Waals surface area contributed by atoms with E-state index in [4.69, 9.17) is 0 Å². The first kappa shape index (κ1) is 11.5. The molecule has 0 spiro atoms. The number of fused-ring (bicyclic) bond motifs is 1. The number of halogens is 1. The maximum Gasteiger partial charge on any atom is 0.323 e. The summed E-state index contributed by atoms with van der Waals surface area (Å²) < 4.78 is 0. The molecule has 0 saturated heterocycles. The first-order valence-corrected chi connectivity index (χ1v) is 6.34. The van der Waals surface area contributed by atoms with Crippen molar-refractivity contribution >= 4 is 27.0 Å². The number of hydrogen-bond acceptors (Lipinski definition) is 1. The number of aromatic amines is 2. The highest BCUT2D eigenvalue weighted by Crippen LogP contribution is 2.30. The van der Waals surface area contributed by atoms with Crippen molar-refractivity contribution < 1.29 is 0 Å². The molecule has 1 atom stereocenters. The minimum absolute atomic E-state index is 0.151. The second-order valence-electron chi connectivity index (χ2n) is 4.48. The van der Waals surface area contributed by atoms with Crippen LogP contribution in [0.4, 0.5) is 0 Å². The third kappa shape index (κ3) is 2.38. The Morgan fingerprint density at radius 1 is 1.25 bits per heavy atom. The molecule has 3 nitrogen and oxygen atoms in total. The molecular formula is C12H15BrN2O. The molecule has 4 heteroatoms. The van der Waals surface area contributed by atoms with Gasteiger partial charge in [-0.1, -0.05) is 35.8 Å². The maximum absolute atomic E-state index is 11.1. The molecule has 0 radical (unpaired) electrons. The van der Waals surface area contributed by atoms with Gasteiger partial charge < -0.3 is 9.97 Å². The minimum Gasteiger partial charge on any atom is -0.306 e. The number of nitrogens with one attached hydrogen (secondary N) is 2. The first-order valence-electron chi connectivity index (χ1n) is 5.42. The molecule has 16 heavy (non-hydrogen) atoms.